The second kappa shape index (κ2) is 10.3. The highest BCUT2D eigenvalue weighted by Crippen LogP contribution is 2.20. The maximum absolute atomic E-state index is 13.4. The Kier molecular flexibility index (Phi) is 9.13. The molecule has 0 bridgehead atoms. The highest BCUT2D eigenvalue weighted by molar-refractivity contribution is 9.10. The molecule has 2 nitrogen and oxygen atoms in total. The fourth-order valence-corrected chi connectivity index (χ4v) is 2.91. The van der Waals surface area contributed by atoms with Gasteiger partial charge in [0, 0.05) is 12.6 Å². The van der Waals surface area contributed by atoms with Gasteiger partial charge in [-0.3, -0.25) is 0 Å². The largest absolute Gasteiger partial charge is 0.377 e. The molecule has 0 aliphatic heterocycles. The SMILES string of the molecule is CCCNC(Cc1ccc(F)c(Br)c1)C(CCC)OCC. The third-order valence-corrected chi connectivity index (χ3v) is 4.11. The molecular formula is C17H27BrFNO. The molecule has 0 aromatic heterocycles. The van der Waals surface area contributed by atoms with Crippen molar-refractivity contribution in [3.8, 4) is 0 Å². The van der Waals surface area contributed by atoms with Crippen molar-refractivity contribution < 1.29 is 9.13 Å². The predicted octanol–water partition coefficient (Wildman–Crippen LogP) is 4.70. The van der Waals surface area contributed by atoms with E-state index in [0.29, 0.717) is 4.47 Å². The van der Waals surface area contributed by atoms with E-state index < -0.39 is 0 Å². The van der Waals surface area contributed by atoms with Gasteiger partial charge in [-0.15, -0.1) is 0 Å². The Balaban J connectivity index is 2.81. The summed E-state index contributed by atoms with van der Waals surface area (Å²) in [4.78, 5) is 0. The summed E-state index contributed by atoms with van der Waals surface area (Å²) >= 11 is 3.26. The molecule has 0 aliphatic carbocycles. The number of rotatable bonds is 10. The van der Waals surface area contributed by atoms with E-state index in [1.165, 1.54) is 6.07 Å². The van der Waals surface area contributed by atoms with Crippen molar-refractivity contribution in [1.29, 1.82) is 0 Å². The predicted molar refractivity (Wildman–Crippen MR) is 90.2 cm³/mol. The first kappa shape index (κ1) is 18.6. The van der Waals surface area contributed by atoms with Gasteiger partial charge in [-0.25, -0.2) is 4.39 Å². The Morgan fingerprint density at radius 3 is 2.57 bits per heavy atom. The quantitative estimate of drug-likeness (QED) is 0.653. The number of nitrogens with one attached hydrogen (secondary N) is 1. The van der Waals surface area contributed by atoms with E-state index in [1.807, 2.05) is 19.1 Å². The van der Waals surface area contributed by atoms with Crippen LogP contribution in [0.25, 0.3) is 0 Å². The molecule has 0 fully saturated rings. The maximum Gasteiger partial charge on any atom is 0.137 e. The highest BCUT2D eigenvalue weighted by atomic mass is 79.9. The molecule has 21 heavy (non-hydrogen) atoms. The zero-order chi connectivity index (χ0) is 15.7. The topological polar surface area (TPSA) is 21.3 Å². The van der Waals surface area contributed by atoms with Gasteiger partial charge in [0.05, 0.1) is 10.6 Å². The Morgan fingerprint density at radius 1 is 1.24 bits per heavy atom. The van der Waals surface area contributed by atoms with Crippen LogP contribution in [0.3, 0.4) is 0 Å². The van der Waals surface area contributed by atoms with Crippen molar-refractivity contribution in [3.63, 3.8) is 0 Å². The number of ether oxygens (including phenoxy) is 1. The fraction of sp³-hybridized carbons (Fsp3) is 0.647. The summed E-state index contributed by atoms with van der Waals surface area (Å²) in [6, 6.07) is 5.51. The van der Waals surface area contributed by atoms with Gasteiger partial charge in [0.15, 0.2) is 0 Å². The molecular weight excluding hydrogens is 333 g/mol. The lowest BCUT2D eigenvalue weighted by Gasteiger charge is -2.28. The zero-order valence-electron chi connectivity index (χ0n) is 13.3. The summed E-state index contributed by atoms with van der Waals surface area (Å²) in [6.45, 7) is 8.07. The van der Waals surface area contributed by atoms with Gasteiger partial charge in [-0.2, -0.15) is 0 Å². The Morgan fingerprint density at radius 2 is 2.00 bits per heavy atom. The van der Waals surface area contributed by atoms with Gasteiger partial charge in [0.1, 0.15) is 5.82 Å². The van der Waals surface area contributed by atoms with Crippen LogP contribution in [0, 0.1) is 5.82 Å². The molecule has 0 spiro atoms. The fourth-order valence-electron chi connectivity index (χ4n) is 2.48. The minimum absolute atomic E-state index is 0.204. The molecule has 0 heterocycles. The van der Waals surface area contributed by atoms with Crippen molar-refractivity contribution in [1.82, 2.24) is 5.32 Å². The lowest BCUT2D eigenvalue weighted by Crippen LogP contribution is -2.43. The molecule has 0 saturated carbocycles. The van der Waals surface area contributed by atoms with E-state index in [4.69, 9.17) is 4.74 Å². The van der Waals surface area contributed by atoms with Crippen LogP contribution in [-0.4, -0.2) is 25.3 Å². The molecule has 0 amide bonds. The Bertz CT molecular complexity index is 408. The van der Waals surface area contributed by atoms with E-state index in [0.717, 1.165) is 44.4 Å². The third kappa shape index (κ3) is 6.45. The molecule has 2 atom stereocenters. The number of benzene rings is 1. The van der Waals surface area contributed by atoms with Crippen LogP contribution in [0.5, 0.6) is 0 Å². The van der Waals surface area contributed by atoms with Crippen LogP contribution in [0.15, 0.2) is 22.7 Å². The normalized spacial score (nSPS) is 14.1. The van der Waals surface area contributed by atoms with Gasteiger partial charge >= 0.3 is 0 Å². The first-order chi connectivity index (χ1) is 10.1. The van der Waals surface area contributed by atoms with Crippen molar-refractivity contribution >= 4 is 15.9 Å². The van der Waals surface area contributed by atoms with Crippen LogP contribution < -0.4 is 5.32 Å². The summed E-state index contributed by atoms with van der Waals surface area (Å²) in [7, 11) is 0. The molecule has 0 radical (unpaired) electrons. The van der Waals surface area contributed by atoms with E-state index in [1.54, 1.807) is 0 Å². The van der Waals surface area contributed by atoms with Gasteiger partial charge in [0.2, 0.25) is 0 Å². The van der Waals surface area contributed by atoms with E-state index in [9.17, 15) is 4.39 Å². The van der Waals surface area contributed by atoms with Gasteiger partial charge in [-0.05, 0) is 66.4 Å². The first-order valence-corrected chi connectivity index (χ1v) is 8.70. The van der Waals surface area contributed by atoms with Gasteiger partial charge < -0.3 is 10.1 Å². The lowest BCUT2D eigenvalue weighted by atomic mass is 9.98. The van der Waals surface area contributed by atoms with Crippen molar-refractivity contribution in [2.45, 2.75) is 58.6 Å². The smallest absolute Gasteiger partial charge is 0.137 e. The number of hydrogen-bond acceptors (Lipinski definition) is 2. The molecule has 0 saturated heterocycles. The summed E-state index contributed by atoms with van der Waals surface area (Å²) in [5.74, 6) is -0.216. The molecule has 1 aromatic carbocycles. The second-order valence-electron chi connectivity index (χ2n) is 5.30. The summed E-state index contributed by atoms with van der Waals surface area (Å²) in [6.07, 6.45) is 4.29. The summed E-state index contributed by atoms with van der Waals surface area (Å²) < 4.78 is 19.8. The maximum atomic E-state index is 13.4. The standard InChI is InChI=1S/C17H27BrFNO/c1-4-7-17(21-6-3)16(20-10-5-2)12-13-8-9-15(19)14(18)11-13/h8-9,11,16-17,20H,4-7,10,12H2,1-3H3. The minimum atomic E-state index is -0.216. The monoisotopic (exact) mass is 359 g/mol. The van der Waals surface area contributed by atoms with Gasteiger partial charge in [-0.1, -0.05) is 26.3 Å². The van der Waals surface area contributed by atoms with E-state index in [-0.39, 0.29) is 18.0 Å². The van der Waals surface area contributed by atoms with Crippen LogP contribution in [0.1, 0.15) is 45.6 Å². The molecule has 4 heteroatoms. The van der Waals surface area contributed by atoms with Crippen molar-refractivity contribution in [3.05, 3.63) is 34.1 Å². The van der Waals surface area contributed by atoms with E-state index >= 15 is 0 Å². The highest BCUT2D eigenvalue weighted by Gasteiger charge is 2.21. The number of hydrogen-bond donors (Lipinski definition) is 1. The van der Waals surface area contributed by atoms with Gasteiger partial charge in [0.25, 0.3) is 0 Å². The Labute approximate surface area is 136 Å². The Hall–Kier alpha value is -0.450. The minimum Gasteiger partial charge on any atom is -0.377 e. The second-order valence-corrected chi connectivity index (χ2v) is 6.15. The number of halogens is 2. The summed E-state index contributed by atoms with van der Waals surface area (Å²) in [5, 5.41) is 3.59. The molecule has 0 aliphatic rings. The van der Waals surface area contributed by atoms with Crippen molar-refractivity contribution in [2.75, 3.05) is 13.2 Å². The zero-order valence-corrected chi connectivity index (χ0v) is 14.9. The molecule has 1 N–H and O–H groups in total. The lowest BCUT2D eigenvalue weighted by molar-refractivity contribution is 0.0282. The first-order valence-electron chi connectivity index (χ1n) is 7.91. The molecule has 120 valence electrons. The van der Waals surface area contributed by atoms with Crippen LogP contribution in [0.4, 0.5) is 4.39 Å². The van der Waals surface area contributed by atoms with Crippen LogP contribution in [0.2, 0.25) is 0 Å². The van der Waals surface area contributed by atoms with Crippen LogP contribution in [-0.2, 0) is 11.2 Å². The average molecular weight is 360 g/mol. The van der Waals surface area contributed by atoms with Crippen molar-refractivity contribution in [2.24, 2.45) is 0 Å². The summed E-state index contributed by atoms with van der Waals surface area (Å²) in [5.41, 5.74) is 1.12. The molecule has 1 aromatic rings. The third-order valence-electron chi connectivity index (χ3n) is 3.50. The van der Waals surface area contributed by atoms with E-state index in [2.05, 4.69) is 35.1 Å². The van der Waals surface area contributed by atoms with Crippen LogP contribution >= 0.6 is 15.9 Å². The average Bonchev–Trinajstić information content (AvgIpc) is 2.47. The molecule has 1 rings (SSSR count). The molecule has 2 unspecified atom stereocenters.